The van der Waals surface area contributed by atoms with Crippen molar-refractivity contribution in [2.24, 2.45) is 0 Å². The first-order valence-electron chi connectivity index (χ1n) is 7.56. The predicted molar refractivity (Wildman–Crippen MR) is 91.3 cm³/mol. The molecule has 124 valence electrons. The van der Waals surface area contributed by atoms with Gasteiger partial charge < -0.3 is 9.47 Å². The topological polar surface area (TPSA) is 72.9 Å². The minimum Gasteiger partial charge on any atom is -0.490 e. The van der Waals surface area contributed by atoms with Gasteiger partial charge in [-0.25, -0.2) is 0 Å². The highest BCUT2D eigenvalue weighted by molar-refractivity contribution is 6.32. The van der Waals surface area contributed by atoms with Crippen molar-refractivity contribution in [2.45, 2.75) is 20.5 Å². The average molecular weight is 345 g/mol. The fourth-order valence-corrected chi connectivity index (χ4v) is 2.49. The van der Waals surface area contributed by atoms with Crippen molar-refractivity contribution in [3.63, 3.8) is 0 Å². The van der Waals surface area contributed by atoms with Gasteiger partial charge in [-0.3, -0.25) is 0 Å². The summed E-state index contributed by atoms with van der Waals surface area (Å²) in [6.07, 6.45) is 0. The number of rotatable bonds is 6. The molecular weight excluding hydrogens is 328 g/mol. The third-order valence-electron chi connectivity index (χ3n) is 3.42. The van der Waals surface area contributed by atoms with Crippen LogP contribution in [0.3, 0.4) is 0 Å². The Morgan fingerprint density at radius 1 is 1.12 bits per heavy atom. The SMILES string of the molecule is CCOc1cc(-c2nn[nH]n2)cc(Cl)c1OCc1ccc(C)cc1. The summed E-state index contributed by atoms with van der Waals surface area (Å²) < 4.78 is 11.6. The van der Waals surface area contributed by atoms with Crippen LogP contribution in [0.5, 0.6) is 11.5 Å². The number of hydrogen-bond donors (Lipinski definition) is 1. The van der Waals surface area contributed by atoms with E-state index in [1.807, 2.05) is 38.1 Å². The molecule has 0 aliphatic heterocycles. The zero-order valence-electron chi connectivity index (χ0n) is 13.4. The Morgan fingerprint density at radius 3 is 2.58 bits per heavy atom. The molecule has 0 bridgehead atoms. The summed E-state index contributed by atoms with van der Waals surface area (Å²) in [7, 11) is 0. The molecule has 0 atom stereocenters. The molecule has 1 aromatic heterocycles. The molecule has 2 aromatic carbocycles. The number of benzene rings is 2. The lowest BCUT2D eigenvalue weighted by atomic mass is 10.1. The van der Waals surface area contributed by atoms with E-state index < -0.39 is 0 Å². The van der Waals surface area contributed by atoms with E-state index in [9.17, 15) is 0 Å². The second kappa shape index (κ2) is 7.31. The van der Waals surface area contributed by atoms with Crippen molar-refractivity contribution >= 4 is 11.6 Å². The number of ether oxygens (including phenoxy) is 2. The van der Waals surface area contributed by atoms with Crippen LogP contribution in [-0.2, 0) is 6.61 Å². The largest absolute Gasteiger partial charge is 0.490 e. The third kappa shape index (κ3) is 3.65. The predicted octanol–water partition coefficient (Wildman–Crippen LogP) is 3.81. The van der Waals surface area contributed by atoms with Crippen LogP contribution in [0.2, 0.25) is 5.02 Å². The van der Waals surface area contributed by atoms with Crippen LogP contribution in [0.1, 0.15) is 18.1 Å². The zero-order valence-corrected chi connectivity index (χ0v) is 14.2. The Hall–Kier alpha value is -2.60. The lowest BCUT2D eigenvalue weighted by Crippen LogP contribution is -2.01. The Kier molecular flexibility index (Phi) is 4.96. The summed E-state index contributed by atoms with van der Waals surface area (Å²) in [4.78, 5) is 0. The number of halogens is 1. The molecule has 7 heteroatoms. The minimum absolute atomic E-state index is 0.404. The van der Waals surface area contributed by atoms with Crippen LogP contribution in [0.4, 0.5) is 0 Å². The van der Waals surface area contributed by atoms with Gasteiger partial charge in [0, 0.05) is 5.56 Å². The molecule has 0 radical (unpaired) electrons. The number of aromatic amines is 1. The normalized spacial score (nSPS) is 10.6. The van der Waals surface area contributed by atoms with Crippen LogP contribution < -0.4 is 9.47 Å². The molecule has 6 nitrogen and oxygen atoms in total. The number of H-pyrrole nitrogens is 1. The molecule has 3 rings (SSSR count). The van der Waals surface area contributed by atoms with Crippen molar-refractivity contribution < 1.29 is 9.47 Å². The average Bonchev–Trinajstić information content (AvgIpc) is 3.10. The number of tetrazole rings is 1. The Balaban J connectivity index is 1.87. The van der Waals surface area contributed by atoms with E-state index in [2.05, 4.69) is 20.6 Å². The molecule has 0 aliphatic rings. The maximum absolute atomic E-state index is 6.39. The van der Waals surface area contributed by atoms with Crippen molar-refractivity contribution in [3.05, 3.63) is 52.5 Å². The summed E-state index contributed by atoms with van der Waals surface area (Å²) >= 11 is 6.39. The van der Waals surface area contributed by atoms with E-state index in [1.54, 1.807) is 12.1 Å². The first-order chi connectivity index (χ1) is 11.7. The van der Waals surface area contributed by atoms with Gasteiger partial charge in [-0.2, -0.15) is 5.21 Å². The first kappa shape index (κ1) is 16.3. The monoisotopic (exact) mass is 344 g/mol. The van der Waals surface area contributed by atoms with Crippen molar-refractivity contribution in [2.75, 3.05) is 6.61 Å². The molecule has 0 saturated carbocycles. The second-order valence-corrected chi connectivity index (χ2v) is 5.64. The van der Waals surface area contributed by atoms with Crippen LogP contribution in [0, 0.1) is 6.92 Å². The van der Waals surface area contributed by atoms with Gasteiger partial charge >= 0.3 is 0 Å². The van der Waals surface area contributed by atoms with E-state index in [-0.39, 0.29) is 0 Å². The maximum Gasteiger partial charge on any atom is 0.204 e. The lowest BCUT2D eigenvalue weighted by Gasteiger charge is -2.14. The van der Waals surface area contributed by atoms with Gasteiger partial charge in [-0.1, -0.05) is 41.4 Å². The molecular formula is C17H17ClN4O2. The number of nitrogens with zero attached hydrogens (tertiary/aromatic N) is 3. The standard InChI is InChI=1S/C17H17ClN4O2/c1-3-23-15-9-13(17-19-21-22-20-17)8-14(18)16(15)24-10-12-6-4-11(2)5-7-12/h4-9H,3,10H2,1-2H3,(H,19,20,21,22). The van der Waals surface area contributed by atoms with Crippen LogP contribution in [0.25, 0.3) is 11.4 Å². The van der Waals surface area contributed by atoms with Crippen LogP contribution in [0.15, 0.2) is 36.4 Å². The molecule has 0 unspecified atom stereocenters. The smallest absolute Gasteiger partial charge is 0.204 e. The van der Waals surface area contributed by atoms with Gasteiger partial charge in [0.15, 0.2) is 11.5 Å². The van der Waals surface area contributed by atoms with Crippen LogP contribution in [-0.4, -0.2) is 27.2 Å². The zero-order chi connectivity index (χ0) is 16.9. The minimum atomic E-state index is 0.404. The number of aryl methyl sites for hydroxylation is 1. The summed E-state index contributed by atoms with van der Waals surface area (Å²) in [5, 5.41) is 14.3. The van der Waals surface area contributed by atoms with Crippen molar-refractivity contribution in [1.82, 2.24) is 20.6 Å². The van der Waals surface area contributed by atoms with Crippen LogP contribution >= 0.6 is 11.6 Å². The van der Waals surface area contributed by atoms with Crippen molar-refractivity contribution in [3.8, 4) is 22.9 Å². The molecule has 1 heterocycles. The highest BCUT2D eigenvalue weighted by Crippen LogP contribution is 2.39. The second-order valence-electron chi connectivity index (χ2n) is 5.23. The van der Waals surface area contributed by atoms with E-state index >= 15 is 0 Å². The molecule has 0 spiro atoms. The number of aromatic nitrogens is 4. The summed E-state index contributed by atoms with van der Waals surface area (Å²) in [5.41, 5.74) is 2.97. The first-order valence-corrected chi connectivity index (χ1v) is 7.93. The molecule has 24 heavy (non-hydrogen) atoms. The van der Waals surface area contributed by atoms with Crippen molar-refractivity contribution in [1.29, 1.82) is 0 Å². The molecule has 1 N–H and O–H groups in total. The highest BCUT2D eigenvalue weighted by atomic mass is 35.5. The lowest BCUT2D eigenvalue weighted by molar-refractivity contribution is 0.269. The molecule has 0 aliphatic carbocycles. The van der Waals surface area contributed by atoms with E-state index in [0.717, 1.165) is 5.56 Å². The maximum atomic E-state index is 6.39. The van der Waals surface area contributed by atoms with Gasteiger partial charge in [-0.05, 0) is 36.8 Å². The molecule has 3 aromatic rings. The highest BCUT2D eigenvalue weighted by Gasteiger charge is 2.15. The number of nitrogens with one attached hydrogen (secondary N) is 1. The van der Waals surface area contributed by atoms with Gasteiger partial charge in [0.1, 0.15) is 6.61 Å². The fraction of sp³-hybridized carbons (Fsp3) is 0.235. The molecule has 0 amide bonds. The quantitative estimate of drug-likeness (QED) is 0.736. The number of hydrogen-bond acceptors (Lipinski definition) is 5. The Morgan fingerprint density at radius 2 is 1.92 bits per heavy atom. The van der Waals surface area contributed by atoms with E-state index in [0.29, 0.717) is 41.1 Å². The Labute approximate surface area is 144 Å². The van der Waals surface area contributed by atoms with Gasteiger partial charge in [-0.15, -0.1) is 10.2 Å². The summed E-state index contributed by atoms with van der Waals surface area (Å²) in [6, 6.07) is 11.7. The summed E-state index contributed by atoms with van der Waals surface area (Å²) in [5.74, 6) is 1.51. The summed E-state index contributed by atoms with van der Waals surface area (Å²) in [6.45, 7) is 4.85. The molecule has 0 saturated heterocycles. The van der Waals surface area contributed by atoms with E-state index in [4.69, 9.17) is 21.1 Å². The van der Waals surface area contributed by atoms with Gasteiger partial charge in [0.2, 0.25) is 5.82 Å². The Bertz CT molecular complexity index is 804. The van der Waals surface area contributed by atoms with Gasteiger partial charge in [0.25, 0.3) is 0 Å². The van der Waals surface area contributed by atoms with E-state index in [1.165, 1.54) is 5.56 Å². The fourth-order valence-electron chi connectivity index (χ4n) is 2.22. The third-order valence-corrected chi connectivity index (χ3v) is 3.70. The van der Waals surface area contributed by atoms with Gasteiger partial charge in [0.05, 0.1) is 11.6 Å². The molecule has 0 fully saturated rings.